The molecule has 96 valence electrons. The minimum absolute atomic E-state index is 0.241. The first-order valence-electron chi connectivity index (χ1n) is 6.65. The number of aryl methyl sites for hydroxylation is 1. The standard InChI is InChI=1S/C17H17NO/c19-10-4-7-15-12-18-17-9-8-14(11-16(15)17)13-5-2-1-3-6-13/h1-3,5-6,8-9,11-12,18-19H,4,7,10H2. The lowest BCUT2D eigenvalue weighted by Crippen LogP contribution is -1.87. The van der Waals surface area contributed by atoms with Gasteiger partial charge in [-0.15, -0.1) is 0 Å². The van der Waals surface area contributed by atoms with Gasteiger partial charge in [-0.25, -0.2) is 0 Å². The zero-order valence-corrected chi connectivity index (χ0v) is 10.8. The molecule has 3 aromatic rings. The highest BCUT2D eigenvalue weighted by atomic mass is 16.2. The molecule has 0 saturated carbocycles. The van der Waals surface area contributed by atoms with Crippen LogP contribution in [0.2, 0.25) is 0 Å². The Kier molecular flexibility index (Phi) is 3.34. The Morgan fingerprint density at radius 1 is 0.947 bits per heavy atom. The Bertz CT molecular complexity index is 670. The number of hydrogen-bond donors (Lipinski definition) is 2. The summed E-state index contributed by atoms with van der Waals surface area (Å²) in [5, 5.41) is 10.2. The van der Waals surface area contributed by atoms with Crippen LogP contribution in [0.5, 0.6) is 0 Å². The van der Waals surface area contributed by atoms with E-state index in [0.29, 0.717) is 0 Å². The molecule has 2 heteroatoms. The van der Waals surface area contributed by atoms with Gasteiger partial charge < -0.3 is 10.1 Å². The van der Waals surface area contributed by atoms with E-state index >= 15 is 0 Å². The topological polar surface area (TPSA) is 36.0 Å². The van der Waals surface area contributed by atoms with Crippen LogP contribution in [0, 0.1) is 0 Å². The van der Waals surface area contributed by atoms with Gasteiger partial charge in [0.05, 0.1) is 0 Å². The lowest BCUT2D eigenvalue weighted by molar-refractivity contribution is 0.289. The molecule has 0 amide bonds. The van der Waals surface area contributed by atoms with Crippen LogP contribution in [0.1, 0.15) is 12.0 Å². The fourth-order valence-electron chi connectivity index (χ4n) is 2.46. The summed E-state index contributed by atoms with van der Waals surface area (Å²) < 4.78 is 0. The molecular formula is C17H17NO. The second-order valence-corrected chi connectivity index (χ2v) is 4.77. The molecule has 0 fully saturated rings. The molecule has 2 nitrogen and oxygen atoms in total. The van der Waals surface area contributed by atoms with Gasteiger partial charge in [0.2, 0.25) is 0 Å². The number of hydrogen-bond acceptors (Lipinski definition) is 1. The SMILES string of the molecule is OCCCc1c[nH]c2ccc(-c3ccccc3)cc12. The Balaban J connectivity index is 2.04. The van der Waals surface area contributed by atoms with E-state index in [9.17, 15) is 0 Å². The molecule has 2 N–H and O–H groups in total. The summed E-state index contributed by atoms with van der Waals surface area (Å²) >= 11 is 0. The van der Waals surface area contributed by atoms with Crippen LogP contribution in [0.4, 0.5) is 0 Å². The van der Waals surface area contributed by atoms with Gasteiger partial charge in [0, 0.05) is 23.7 Å². The van der Waals surface area contributed by atoms with Gasteiger partial charge >= 0.3 is 0 Å². The zero-order chi connectivity index (χ0) is 13.1. The van der Waals surface area contributed by atoms with E-state index in [1.807, 2.05) is 6.07 Å². The molecule has 1 heterocycles. The van der Waals surface area contributed by atoms with Crippen molar-refractivity contribution in [3.8, 4) is 11.1 Å². The van der Waals surface area contributed by atoms with Crippen LogP contribution in [-0.4, -0.2) is 16.7 Å². The minimum atomic E-state index is 0.241. The molecule has 0 saturated heterocycles. The van der Waals surface area contributed by atoms with Crippen molar-refractivity contribution in [2.24, 2.45) is 0 Å². The smallest absolute Gasteiger partial charge is 0.0457 e. The molecular weight excluding hydrogens is 234 g/mol. The van der Waals surface area contributed by atoms with Crippen LogP contribution < -0.4 is 0 Å². The lowest BCUT2D eigenvalue weighted by Gasteiger charge is -2.03. The van der Waals surface area contributed by atoms with Gasteiger partial charge in [0.25, 0.3) is 0 Å². The van der Waals surface area contributed by atoms with Crippen molar-refractivity contribution in [1.29, 1.82) is 0 Å². The molecule has 0 aliphatic heterocycles. The van der Waals surface area contributed by atoms with Gasteiger partial charge in [-0.2, -0.15) is 0 Å². The second kappa shape index (κ2) is 5.29. The van der Waals surface area contributed by atoms with E-state index in [-0.39, 0.29) is 6.61 Å². The van der Waals surface area contributed by atoms with Gasteiger partial charge in [0.1, 0.15) is 0 Å². The molecule has 0 aliphatic carbocycles. The molecule has 0 spiro atoms. The first kappa shape index (κ1) is 12.0. The molecule has 0 aliphatic rings. The minimum Gasteiger partial charge on any atom is -0.396 e. The summed E-state index contributed by atoms with van der Waals surface area (Å²) in [6.45, 7) is 0.241. The molecule has 19 heavy (non-hydrogen) atoms. The van der Waals surface area contributed by atoms with Crippen LogP contribution in [0.3, 0.4) is 0 Å². The summed E-state index contributed by atoms with van der Waals surface area (Å²) in [5.74, 6) is 0. The van der Waals surface area contributed by atoms with Gasteiger partial charge in [0.15, 0.2) is 0 Å². The maximum absolute atomic E-state index is 8.96. The van der Waals surface area contributed by atoms with Gasteiger partial charge in [-0.05, 0) is 41.7 Å². The number of rotatable bonds is 4. The molecule has 0 radical (unpaired) electrons. The van der Waals surface area contributed by atoms with E-state index < -0.39 is 0 Å². The third-order valence-corrected chi connectivity index (χ3v) is 3.48. The third-order valence-electron chi connectivity index (χ3n) is 3.48. The monoisotopic (exact) mass is 251 g/mol. The van der Waals surface area contributed by atoms with Crippen molar-refractivity contribution in [3.63, 3.8) is 0 Å². The average molecular weight is 251 g/mol. The predicted octanol–water partition coefficient (Wildman–Crippen LogP) is 3.76. The number of aromatic amines is 1. The summed E-state index contributed by atoms with van der Waals surface area (Å²) in [4.78, 5) is 3.29. The Morgan fingerprint density at radius 3 is 2.58 bits per heavy atom. The zero-order valence-electron chi connectivity index (χ0n) is 10.8. The highest BCUT2D eigenvalue weighted by molar-refractivity contribution is 5.88. The number of aliphatic hydroxyl groups excluding tert-OH is 1. The molecule has 1 aromatic heterocycles. The predicted molar refractivity (Wildman–Crippen MR) is 79.1 cm³/mol. The fraction of sp³-hybridized carbons (Fsp3) is 0.176. The Hall–Kier alpha value is -2.06. The molecule has 0 bridgehead atoms. The summed E-state index contributed by atoms with van der Waals surface area (Å²) in [6, 6.07) is 16.9. The summed E-state index contributed by atoms with van der Waals surface area (Å²) in [5.41, 5.74) is 4.91. The maximum Gasteiger partial charge on any atom is 0.0457 e. The largest absolute Gasteiger partial charge is 0.396 e. The van der Waals surface area contributed by atoms with Crippen molar-refractivity contribution in [2.45, 2.75) is 12.8 Å². The van der Waals surface area contributed by atoms with Crippen LogP contribution in [0.15, 0.2) is 54.7 Å². The lowest BCUT2D eigenvalue weighted by atomic mass is 10.0. The molecule has 0 unspecified atom stereocenters. The average Bonchev–Trinajstić information content (AvgIpc) is 2.88. The van der Waals surface area contributed by atoms with E-state index in [1.165, 1.54) is 22.1 Å². The number of H-pyrrole nitrogens is 1. The third kappa shape index (κ3) is 2.40. The van der Waals surface area contributed by atoms with Crippen molar-refractivity contribution in [2.75, 3.05) is 6.61 Å². The normalized spacial score (nSPS) is 11.0. The van der Waals surface area contributed by atoms with Crippen molar-refractivity contribution < 1.29 is 5.11 Å². The van der Waals surface area contributed by atoms with Crippen LogP contribution >= 0.6 is 0 Å². The second-order valence-electron chi connectivity index (χ2n) is 4.77. The summed E-state index contributed by atoms with van der Waals surface area (Å²) in [6.07, 6.45) is 3.77. The van der Waals surface area contributed by atoms with Gasteiger partial charge in [-0.3, -0.25) is 0 Å². The van der Waals surface area contributed by atoms with Crippen LogP contribution in [0.25, 0.3) is 22.0 Å². The number of aromatic nitrogens is 1. The quantitative estimate of drug-likeness (QED) is 0.727. The fourth-order valence-corrected chi connectivity index (χ4v) is 2.46. The first-order chi connectivity index (χ1) is 9.38. The molecule has 3 rings (SSSR count). The van der Waals surface area contributed by atoms with Crippen molar-refractivity contribution in [1.82, 2.24) is 4.98 Å². The molecule has 2 aromatic carbocycles. The van der Waals surface area contributed by atoms with E-state index in [4.69, 9.17) is 5.11 Å². The highest BCUT2D eigenvalue weighted by Gasteiger charge is 2.05. The van der Waals surface area contributed by atoms with E-state index in [0.717, 1.165) is 18.4 Å². The maximum atomic E-state index is 8.96. The van der Waals surface area contributed by atoms with Crippen LogP contribution in [-0.2, 0) is 6.42 Å². The number of fused-ring (bicyclic) bond motifs is 1. The van der Waals surface area contributed by atoms with Gasteiger partial charge in [-0.1, -0.05) is 36.4 Å². The molecule has 0 atom stereocenters. The van der Waals surface area contributed by atoms with Crippen molar-refractivity contribution >= 4 is 10.9 Å². The number of aliphatic hydroxyl groups is 1. The highest BCUT2D eigenvalue weighted by Crippen LogP contribution is 2.26. The Labute approximate surface area is 112 Å². The first-order valence-corrected chi connectivity index (χ1v) is 6.65. The van der Waals surface area contributed by atoms with E-state index in [1.54, 1.807) is 0 Å². The Morgan fingerprint density at radius 2 is 1.79 bits per heavy atom. The number of nitrogens with one attached hydrogen (secondary N) is 1. The van der Waals surface area contributed by atoms with E-state index in [2.05, 4.69) is 53.6 Å². The van der Waals surface area contributed by atoms with Crippen molar-refractivity contribution in [3.05, 3.63) is 60.3 Å². The number of benzene rings is 2. The summed E-state index contributed by atoms with van der Waals surface area (Å²) in [7, 11) is 0.